The summed E-state index contributed by atoms with van der Waals surface area (Å²) in [6.45, 7) is 14.9. The highest BCUT2D eigenvalue weighted by molar-refractivity contribution is 14.1. The molecule has 0 radical (unpaired) electrons. The molecule has 0 saturated carbocycles. The lowest BCUT2D eigenvalue weighted by atomic mass is 9.97. The summed E-state index contributed by atoms with van der Waals surface area (Å²) in [6.07, 6.45) is -10.1. The molecule has 11 N–H and O–H groups in total. The summed E-state index contributed by atoms with van der Waals surface area (Å²) in [5.41, 5.74) is 1.02. The van der Waals surface area contributed by atoms with Gasteiger partial charge in [-0.25, -0.2) is 9.59 Å². The van der Waals surface area contributed by atoms with Crippen molar-refractivity contribution < 1.29 is 136 Å². The van der Waals surface area contributed by atoms with Crippen LogP contribution in [0.2, 0.25) is 0 Å². The predicted molar refractivity (Wildman–Crippen MR) is 359 cm³/mol. The van der Waals surface area contributed by atoms with Crippen LogP contribution in [0.1, 0.15) is 109 Å². The first kappa shape index (κ1) is 85.8. The Morgan fingerprint density at radius 2 is 0.870 bits per heavy atom. The van der Waals surface area contributed by atoms with Crippen LogP contribution < -0.4 is 25.4 Å². The number of nitrogens with one attached hydrogen (secondary N) is 3. The first-order valence-corrected chi connectivity index (χ1v) is 34.5. The van der Waals surface area contributed by atoms with E-state index in [-0.39, 0.29) is 68.6 Å². The Balaban J connectivity index is 0.000000426. The average Bonchev–Trinajstić information content (AvgIpc) is 0.917. The van der Waals surface area contributed by atoms with E-state index in [1.807, 2.05) is 22.6 Å². The highest BCUT2D eigenvalue weighted by Crippen LogP contribution is 2.32. The third-order valence-corrected chi connectivity index (χ3v) is 15.7. The van der Waals surface area contributed by atoms with E-state index in [2.05, 4.69) is 16.0 Å². The van der Waals surface area contributed by atoms with Crippen molar-refractivity contribution in [2.75, 3.05) is 96.7 Å². The van der Waals surface area contributed by atoms with E-state index in [0.717, 1.165) is 35.3 Å². The van der Waals surface area contributed by atoms with Crippen molar-refractivity contribution in [2.24, 2.45) is 10.8 Å². The molecule has 2 fully saturated rings. The fraction of sp³-hybridized carbons (Fsp3) is 0.657. The fourth-order valence-corrected chi connectivity index (χ4v) is 9.62. The summed E-state index contributed by atoms with van der Waals surface area (Å²) in [4.78, 5) is 107. The van der Waals surface area contributed by atoms with Crippen molar-refractivity contribution in [2.45, 2.75) is 174 Å². The number of benzene rings is 2. The second kappa shape index (κ2) is 44.7. The quantitative estimate of drug-likeness (QED) is 0.0143. The van der Waals surface area contributed by atoms with Crippen LogP contribution >= 0.6 is 22.6 Å². The smallest absolute Gasteiger partial charge is 0.335 e. The van der Waals surface area contributed by atoms with Crippen LogP contribution in [0.25, 0.3) is 0 Å². The molecule has 32 nitrogen and oxygen atoms in total. The molecular formula is C67H99IN4O28. The molecule has 2 aromatic rings. The number of hydrogen-bond acceptors (Lipinski definition) is 26. The van der Waals surface area contributed by atoms with Gasteiger partial charge in [0.05, 0.1) is 68.1 Å². The van der Waals surface area contributed by atoms with Crippen molar-refractivity contribution >= 4 is 76.0 Å². The molecule has 5 amide bonds. The maximum atomic E-state index is 12.5. The van der Waals surface area contributed by atoms with Crippen LogP contribution in [-0.2, 0) is 112 Å². The third kappa shape index (κ3) is 30.9. The zero-order valence-corrected chi connectivity index (χ0v) is 59.5. The Morgan fingerprint density at radius 1 is 0.480 bits per heavy atom. The fourth-order valence-electron chi connectivity index (χ4n) is 9.35. The minimum Gasteiger partial charge on any atom is -0.479 e. The SMILES string of the molecule is CC(C)(C)C(=O)OCc1cc(CCCOCCOCCNC(=O)CCN2C(=O)C=CC2=O)ccc1O[C@@H]1O[C@H](C(=O)O)[C@@H](O)[C@H](O)[C@H]1O.CC(C)(C)C(=O)OCc1cc(CCCOCCOCCOCCNC(=O)CCCCCNC(=O)CI)ccc1O[C@@H]1O[C@H](C(=O)O)[C@@H](O)[C@H](O)[C@H]1O. The number of carbonyl (C=O) groups excluding carboxylic acids is 7. The van der Waals surface area contributed by atoms with Gasteiger partial charge in [0.1, 0.15) is 61.3 Å². The zero-order valence-electron chi connectivity index (χ0n) is 57.3. The number of amides is 5. The van der Waals surface area contributed by atoms with Crippen LogP contribution in [0.4, 0.5) is 0 Å². The molecule has 5 rings (SSSR count). The van der Waals surface area contributed by atoms with Gasteiger partial charge in [-0.2, -0.15) is 0 Å². The number of carbonyl (C=O) groups is 9. The van der Waals surface area contributed by atoms with Crippen molar-refractivity contribution in [1.82, 2.24) is 20.9 Å². The van der Waals surface area contributed by atoms with Crippen LogP contribution in [-0.4, -0.2) is 257 Å². The minimum atomic E-state index is -1.87. The van der Waals surface area contributed by atoms with Gasteiger partial charge >= 0.3 is 23.9 Å². The average molecular weight is 1540 g/mol. The van der Waals surface area contributed by atoms with Gasteiger partial charge in [-0.3, -0.25) is 38.5 Å². The molecule has 0 spiro atoms. The number of imide groups is 1. The van der Waals surface area contributed by atoms with E-state index in [9.17, 15) is 84.0 Å². The number of unbranched alkanes of at least 4 members (excludes halogenated alkanes) is 2. The zero-order chi connectivity index (χ0) is 74.0. The molecular weight excluding hydrogens is 1440 g/mol. The molecule has 0 bridgehead atoms. The van der Waals surface area contributed by atoms with E-state index in [4.69, 9.17) is 52.1 Å². The molecule has 3 aliphatic rings. The molecule has 33 heteroatoms. The molecule has 0 aromatic heterocycles. The summed E-state index contributed by atoms with van der Waals surface area (Å²) in [7, 11) is 0. The Kier molecular flexibility index (Phi) is 38.4. The Bertz CT molecular complexity index is 2940. The number of esters is 2. The van der Waals surface area contributed by atoms with Gasteiger partial charge in [0.15, 0.2) is 12.2 Å². The van der Waals surface area contributed by atoms with Gasteiger partial charge in [-0.15, -0.1) is 0 Å². The number of aliphatic hydroxyl groups is 6. The lowest BCUT2D eigenvalue weighted by Gasteiger charge is -2.38. The van der Waals surface area contributed by atoms with Gasteiger partial charge < -0.3 is 109 Å². The van der Waals surface area contributed by atoms with Crippen LogP contribution in [0.5, 0.6) is 11.5 Å². The Morgan fingerprint density at radius 3 is 1.27 bits per heavy atom. The molecule has 10 atom stereocenters. The van der Waals surface area contributed by atoms with Gasteiger partial charge in [-0.05, 0) is 115 Å². The highest BCUT2D eigenvalue weighted by atomic mass is 127. The highest BCUT2D eigenvalue weighted by Gasteiger charge is 2.50. The molecule has 100 heavy (non-hydrogen) atoms. The van der Waals surface area contributed by atoms with Crippen molar-refractivity contribution in [1.29, 1.82) is 0 Å². The van der Waals surface area contributed by atoms with Gasteiger partial charge in [0, 0.05) is 75.5 Å². The molecule has 0 unspecified atom stereocenters. The summed E-state index contributed by atoms with van der Waals surface area (Å²) in [5, 5.41) is 88.0. The number of aliphatic carboxylic acids is 2. The van der Waals surface area contributed by atoms with Gasteiger partial charge in [0.25, 0.3) is 11.8 Å². The number of aliphatic hydroxyl groups excluding tert-OH is 6. The monoisotopic (exact) mass is 1530 g/mol. The Hall–Kier alpha value is -6.58. The first-order chi connectivity index (χ1) is 47.4. The number of aryl methyl sites for hydroxylation is 2. The Labute approximate surface area is 594 Å². The second-order valence-corrected chi connectivity index (χ2v) is 26.2. The number of ether oxygens (including phenoxy) is 11. The van der Waals surface area contributed by atoms with Gasteiger partial charge in [0.2, 0.25) is 30.3 Å². The first-order valence-electron chi connectivity index (χ1n) is 33.0. The van der Waals surface area contributed by atoms with Crippen molar-refractivity contribution in [3.8, 4) is 11.5 Å². The maximum absolute atomic E-state index is 12.5. The standard InChI is InChI=1S/C35H55IN2O14.C32H44N2O14/c1-35(2,3)34(46)50-22-24-20-23(10-11-25(24)51-33-30(43)28(41)29(42)31(52-33)32(44)45)8-7-14-47-16-18-49-19-17-48-15-13-38-26(39)9-5-4-6-12-37-27(40)21-36;1-32(2,3)31(43)46-18-20-17-19(6-7-21(20)47-30-27(40)25(38)26(39)28(48-30)29(41)42)5-4-13-44-15-16-45-14-11-33-22(35)10-12-34-23(36)8-9-24(34)37/h10-11,20,28-31,33,41-43H,4-9,12-19,21-22H2,1-3H3,(H,37,40)(H,38,39)(H,44,45);6-9,17,25-28,30,38-40H,4-5,10-16,18H2,1-3H3,(H,33,35)(H,41,42)/t28-,29-,30+,31-,33+;25-,26-,27+,28-,30+/m00/s1. The summed E-state index contributed by atoms with van der Waals surface area (Å²) < 4.78 is 61.1. The lowest BCUT2D eigenvalue weighted by Crippen LogP contribution is -2.61. The van der Waals surface area contributed by atoms with E-state index in [1.54, 1.807) is 77.9 Å². The van der Waals surface area contributed by atoms with Crippen LogP contribution in [0, 0.1) is 10.8 Å². The number of carboxylic acid groups (broad SMARTS) is 2. The number of rotatable bonds is 43. The van der Waals surface area contributed by atoms with Crippen LogP contribution in [0.15, 0.2) is 48.6 Å². The molecule has 2 saturated heterocycles. The van der Waals surface area contributed by atoms with Crippen LogP contribution in [0.3, 0.4) is 0 Å². The number of halogens is 1. The summed E-state index contributed by atoms with van der Waals surface area (Å²) in [6, 6.07) is 10.1. The van der Waals surface area contributed by atoms with E-state index < -0.39 is 108 Å². The van der Waals surface area contributed by atoms with E-state index >= 15 is 0 Å². The number of alkyl halides is 1. The minimum absolute atomic E-state index is 0.00198. The van der Waals surface area contributed by atoms with Crippen molar-refractivity contribution in [3.63, 3.8) is 0 Å². The largest absolute Gasteiger partial charge is 0.479 e. The molecule has 562 valence electrons. The second-order valence-electron chi connectivity index (χ2n) is 25.4. The molecule has 3 aliphatic heterocycles. The number of carboxylic acids is 2. The lowest BCUT2D eigenvalue weighted by molar-refractivity contribution is -0.271. The molecule has 2 aromatic carbocycles. The molecule has 3 heterocycles. The summed E-state index contributed by atoms with van der Waals surface area (Å²) in [5.74, 6) is -4.91. The number of hydrogen-bond donors (Lipinski definition) is 11. The predicted octanol–water partition coefficient (Wildman–Crippen LogP) is 0.701. The van der Waals surface area contributed by atoms with E-state index in [0.29, 0.717) is 120 Å². The summed E-state index contributed by atoms with van der Waals surface area (Å²) >= 11 is 2.02. The van der Waals surface area contributed by atoms with Crippen molar-refractivity contribution in [3.05, 3.63) is 70.8 Å². The van der Waals surface area contributed by atoms with Gasteiger partial charge in [-0.1, -0.05) is 41.1 Å². The number of nitrogens with zero attached hydrogens (tertiary/aromatic N) is 1. The maximum Gasteiger partial charge on any atom is 0.335 e. The van der Waals surface area contributed by atoms with E-state index in [1.165, 1.54) is 12.2 Å². The topological polar surface area (TPSA) is 456 Å². The normalized spacial score (nSPS) is 21.4. The third-order valence-electron chi connectivity index (χ3n) is 15.1. The molecule has 0 aliphatic carbocycles.